The molecule has 0 aliphatic rings. The quantitative estimate of drug-likeness (QED) is 0.298. The van der Waals surface area contributed by atoms with Crippen LogP contribution in [0, 0.1) is 9.39 Å². The predicted octanol–water partition coefficient (Wildman–Crippen LogP) is 6.24. The van der Waals surface area contributed by atoms with Crippen LogP contribution in [0.25, 0.3) is 23.4 Å². The van der Waals surface area contributed by atoms with E-state index in [4.69, 9.17) is 0 Å². The molecule has 0 unspecified atom stereocenters. The molecule has 4 aromatic rings. The Morgan fingerprint density at radius 2 is 1.66 bits per heavy atom. The summed E-state index contributed by atoms with van der Waals surface area (Å²) in [5.74, 6) is -0.117. The van der Waals surface area contributed by atoms with E-state index in [0.29, 0.717) is 17.2 Å². The number of aromatic nitrogens is 2. The Labute approximate surface area is 199 Å². The summed E-state index contributed by atoms with van der Waals surface area (Å²) in [4.78, 5) is 21.8. The van der Waals surface area contributed by atoms with E-state index in [0.717, 1.165) is 20.3 Å². The van der Waals surface area contributed by atoms with Crippen molar-refractivity contribution in [1.29, 1.82) is 0 Å². The zero-order valence-corrected chi connectivity index (χ0v) is 19.2. The van der Waals surface area contributed by atoms with Gasteiger partial charge in [-0.15, -0.1) is 0 Å². The number of nitrogens with one attached hydrogen (secondary N) is 1. The molecule has 1 heterocycles. The Morgan fingerprint density at radius 1 is 0.938 bits per heavy atom. The molecule has 0 fully saturated rings. The van der Waals surface area contributed by atoms with Gasteiger partial charge >= 0.3 is 0 Å². The number of nitrogens with zero attached hydrogens (tertiary/aromatic N) is 2. The molecule has 0 atom stereocenters. The summed E-state index contributed by atoms with van der Waals surface area (Å²) < 4.78 is 14.4. The first-order valence-electron chi connectivity index (χ1n) is 9.97. The van der Waals surface area contributed by atoms with E-state index >= 15 is 0 Å². The number of carbonyl (C=O) groups excluding carboxylic acids is 1. The van der Waals surface area contributed by atoms with Crippen LogP contribution in [-0.4, -0.2) is 15.9 Å². The molecule has 0 spiro atoms. The van der Waals surface area contributed by atoms with Gasteiger partial charge in [-0.05, 0) is 76.2 Å². The lowest BCUT2D eigenvalue weighted by Crippen LogP contribution is -2.16. The highest BCUT2D eigenvalue weighted by atomic mass is 127. The van der Waals surface area contributed by atoms with E-state index in [1.54, 1.807) is 18.3 Å². The summed E-state index contributed by atoms with van der Waals surface area (Å²) in [6.45, 7) is 0. The van der Waals surface area contributed by atoms with Crippen LogP contribution in [-0.2, 0) is 11.2 Å². The van der Waals surface area contributed by atoms with Crippen molar-refractivity contribution in [1.82, 2.24) is 9.97 Å². The number of hydrogen-bond acceptors (Lipinski definition) is 3. The minimum absolute atomic E-state index is 0.176. The topological polar surface area (TPSA) is 54.9 Å². The lowest BCUT2D eigenvalue weighted by molar-refractivity contribution is -0.115. The summed E-state index contributed by atoms with van der Waals surface area (Å²) >= 11 is 2.23. The molecule has 0 aliphatic heterocycles. The van der Waals surface area contributed by atoms with Crippen molar-refractivity contribution in [3.8, 4) is 11.3 Å². The second-order valence-corrected chi connectivity index (χ2v) is 8.34. The van der Waals surface area contributed by atoms with Gasteiger partial charge in [0.2, 0.25) is 5.91 Å². The molecule has 0 bridgehead atoms. The summed E-state index contributed by atoms with van der Waals surface area (Å²) in [6.07, 6.45) is 5.54. The number of benzene rings is 3. The lowest BCUT2D eigenvalue weighted by atomic mass is 10.1. The Bertz CT molecular complexity index is 1240. The maximum atomic E-state index is 13.3. The first-order chi connectivity index (χ1) is 15.6. The highest BCUT2D eigenvalue weighted by Gasteiger charge is 2.11. The largest absolute Gasteiger partial charge is 0.309 e. The molecule has 32 heavy (non-hydrogen) atoms. The monoisotopic (exact) mass is 535 g/mol. The molecule has 158 valence electrons. The molecule has 4 rings (SSSR count). The Balaban J connectivity index is 1.62. The van der Waals surface area contributed by atoms with Crippen molar-refractivity contribution >= 4 is 46.5 Å². The van der Waals surface area contributed by atoms with Crippen molar-refractivity contribution < 1.29 is 9.18 Å². The van der Waals surface area contributed by atoms with Crippen LogP contribution in [0.4, 0.5) is 10.2 Å². The van der Waals surface area contributed by atoms with Crippen molar-refractivity contribution in [3.63, 3.8) is 0 Å². The molecule has 4 nitrogen and oxygen atoms in total. The third-order valence-corrected chi connectivity index (χ3v) is 5.43. The maximum Gasteiger partial charge on any atom is 0.230 e. The van der Waals surface area contributed by atoms with Gasteiger partial charge in [0.15, 0.2) is 5.82 Å². The second kappa shape index (κ2) is 10.3. The van der Waals surface area contributed by atoms with Gasteiger partial charge in [0.05, 0.1) is 18.3 Å². The molecule has 6 heteroatoms. The summed E-state index contributed by atoms with van der Waals surface area (Å²) in [7, 11) is 0. The third-order valence-electron chi connectivity index (χ3n) is 4.71. The molecule has 0 saturated heterocycles. The average Bonchev–Trinajstić information content (AvgIpc) is 2.81. The zero-order valence-electron chi connectivity index (χ0n) is 17.0. The smallest absolute Gasteiger partial charge is 0.230 e. The van der Waals surface area contributed by atoms with Gasteiger partial charge in [-0.3, -0.25) is 4.79 Å². The molecule has 1 N–H and O–H groups in total. The predicted molar refractivity (Wildman–Crippen MR) is 134 cm³/mol. The van der Waals surface area contributed by atoms with Crippen LogP contribution in [0.5, 0.6) is 0 Å². The van der Waals surface area contributed by atoms with Crippen LogP contribution in [0.15, 0.2) is 85.1 Å². The van der Waals surface area contributed by atoms with Gasteiger partial charge < -0.3 is 5.32 Å². The number of hydrogen-bond donors (Lipinski definition) is 1. The fraction of sp³-hybridized carbons (Fsp3) is 0.0385. The van der Waals surface area contributed by atoms with Gasteiger partial charge in [0.25, 0.3) is 0 Å². The molecule has 1 amide bonds. The summed E-state index contributed by atoms with van der Waals surface area (Å²) in [5, 5.41) is 2.87. The van der Waals surface area contributed by atoms with Crippen molar-refractivity contribution in [3.05, 3.63) is 111 Å². The second-order valence-electron chi connectivity index (χ2n) is 7.09. The Hall–Kier alpha value is -3.39. The van der Waals surface area contributed by atoms with Gasteiger partial charge in [-0.2, -0.15) is 0 Å². The van der Waals surface area contributed by atoms with Crippen molar-refractivity contribution in [2.45, 2.75) is 6.42 Å². The van der Waals surface area contributed by atoms with Crippen LogP contribution in [0.2, 0.25) is 0 Å². The fourth-order valence-corrected chi connectivity index (χ4v) is 3.44. The van der Waals surface area contributed by atoms with Gasteiger partial charge in [0.1, 0.15) is 11.5 Å². The molecule has 1 aromatic heterocycles. The van der Waals surface area contributed by atoms with Crippen molar-refractivity contribution in [2.24, 2.45) is 0 Å². The minimum Gasteiger partial charge on any atom is -0.309 e. The molecule has 0 saturated carbocycles. The van der Waals surface area contributed by atoms with E-state index in [9.17, 15) is 9.18 Å². The normalized spacial score (nSPS) is 10.9. The Kier molecular flexibility index (Phi) is 7.01. The molecular weight excluding hydrogens is 516 g/mol. The molecule has 3 aromatic carbocycles. The van der Waals surface area contributed by atoms with Gasteiger partial charge in [-0.1, -0.05) is 48.5 Å². The lowest BCUT2D eigenvalue weighted by Gasteiger charge is -2.10. The highest BCUT2D eigenvalue weighted by Crippen LogP contribution is 2.22. The third kappa shape index (κ3) is 5.85. The number of rotatable bonds is 6. The maximum absolute atomic E-state index is 13.3. The average molecular weight is 535 g/mol. The van der Waals surface area contributed by atoms with Crippen LogP contribution < -0.4 is 5.32 Å². The highest BCUT2D eigenvalue weighted by molar-refractivity contribution is 14.1. The summed E-state index contributed by atoms with van der Waals surface area (Å²) in [5.41, 5.74) is 3.77. The van der Waals surface area contributed by atoms with Crippen molar-refractivity contribution in [2.75, 3.05) is 5.32 Å². The molecule has 0 radical (unpaired) electrons. The first-order valence-corrected chi connectivity index (χ1v) is 11.0. The summed E-state index contributed by atoms with van der Waals surface area (Å²) in [6, 6.07) is 23.7. The standard InChI is InChI=1S/C26H19FIN3O/c27-21-11-9-20(10-12-21)24-17-29-26(23(30-24)15-8-18-4-2-1-3-5-18)31-25(32)16-19-6-13-22(28)14-7-19/h1-15,17H,16H2,(H,29,31,32)/b15-8+. The zero-order chi connectivity index (χ0) is 22.3. The SMILES string of the molecule is O=C(Cc1ccc(I)cc1)Nc1ncc(-c2ccc(F)cc2)nc1/C=C/c1ccccc1. The first kappa shape index (κ1) is 21.8. The van der Waals surface area contributed by atoms with Crippen LogP contribution in [0.1, 0.15) is 16.8 Å². The van der Waals surface area contributed by atoms with Gasteiger partial charge in [-0.25, -0.2) is 14.4 Å². The molecular formula is C26H19FIN3O. The molecule has 0 aliphatic carbocycles. The minimum atomic E-state index is -0.314. The van der Waals surface area contributed by atoms with Gasteiger partial charge in [0, 0.05) is 9.13 Å². The van der Waals surface area contributed by atoms with E-state index in [-0.39, 0.29) is 18.1 Å². The number of halogens is 2. The van der Waals surface area contributed by atoms with E-state index in [1.165, 1.54) is 12.1 Å². The fourth-order valence-electron chi connectivity index (χ4n) is 3.08. The Morgan fingerprint density at radius 3 is 2.38 bits per heavy atom. The number of carbonyl (C=O) groups is 1. The van der Waals surface area contributed by atoms with E-state index < -0.39 is 0 Å². The van der Waals surface area contributed by atoms with Crippen LogP contribution >= 0.6 is 22.6 Å². The number of amides is 1. The van der Waals surface area contributed by atoms with E-state index in [1.807, 2.05) is 66.7 Å². The number of anilines is 1. The van der Waals surface area contributed by atoms with Crippen LogP contribution in [0.3, 0.4) is 0 Å². The van der Waals surface area contributed by atoms with E-state index in [2.05, 4.69) is 37.9 Å².